The Balaban J connectivity index is -0.000000000833. The van der Waals surface area contributed by atoms with Crippen molar-refractivity contribution in [2.75, 3.05) is 0 Å². The first kappa shape index (κ1) is 49.2. The van der Waals surface area contributed by atoms with Gasteiger partial charge in [0.2, 0.25) is 0 Å². The van der Waals surface area contributed by atoms with Gasteiger partial charge in [-0.25, -0.2) is 0 Å². The van der Waals surface area contributed by atoms with Crippen LogP contribution in [0.1, 0.15) is 0 Å². The minimum atomic E-state index is 0. The van der Waals surface area contributed by atoms with Gasteiger partial charge in [-0.2, -0.15) is 29.7 Å². The molecule has 0 amide bonds. The van der Waals surface area contributed by atoms with E-state index in [4.69, 9.17) is 4.79 Å². The molecule has 0 saturated heterocycles. The van der Waals surface area contributed by atoms with Crippen LogP contribution in [0.5, 0.6) is 0 Å². The molecule has 0 saturated carbocycles. The number of hydrogen-bond donors (Lipinski definition) is 0. The molecule has 0 aromatic rings. The molecule has 3 atom stereocenters. The average Bonchev–Trinajstić information content (AvgIpc) is 1.00. The summed E-state index contributed by atoms with van der Waals surface area (Å²) in [5.74, 6) is 0. The molecular weight excluding hydrogens is 224 g/mol. The Bertz CT molecular complexity index is 10.8. The minimum Gasteiger partial charge on any atom is -0.281 e. The fourth-order valence-corrected chi connectivity index (χ4v) is 0. The maximum Gasteiger partial charge on any atom is 0.281 e. The molecule has 3 radical (unpaired) electrons. The monoisotopic (exact) mass is 233 g/mol. The zero-order valence-corrected chi connectivity index (χ0v) is 9.24. The molecule has 0 aliphatic heterocycles. The Hall–Kier alpha value is 1.58. The zero-order valence-electron chi connectivity index (χ0n) is 3.36. The van der Waals surface area contributed by atoms with Gasteiger partial charge in [0.15, 0.2) is 0 Å². The molecular formula is CH9OP3Rh. The second-order valence-corrected chi connectivity index (χ2v) is 0. The molecule has 0 heterocycles. The van der Waals surface area contributed by atoms with E-state index in [0.29, 0.717) is 0 Å². The van der Waals surface area contributed by atoms with Crippen LogP contribution in [0.3, 0.4) is 0 Å². The van der Waals surface area contributed by atoms with Crippen molar-refractivity contribution in [3.05, 3.63) is 0 Å². The molecule has 43 valence electrons. The molecule has 5 heteroatoms. The average molecular weight is 233 g/mol. The molecule has 0 bridgehead atoms. The van der Waals surface area contributed by atoms with Gasteiger partial charge in [0.25, 0.3) is 6.79 Å². The number of rotatable bonds is 0. The molecule has 0 fully saturated rings. The van der Waals surface area contributed by atoms with E-state index in [1.54, 1.807) is 0 Å². The second-order valence-electron chi connectivity index (χ2n) is 0. The van der Waals surface area contributed by atoms with Crippen LogP contribution in [-0.2, 0) is 24.3 Å². The SMILES string of the molecule is P.P.P.[C]=O.[Rh]. The third-order valence-electron chi connectivity index (χ3n) is 0. The van der Waals surface area contributed by atoms with Crippen LogP contribution in [0.4, 0.5) is 0 Å². The van der Waals surface area contributed by atoms with E-state index in [-0.39, 0.29) is 49.2 Å². The summed E-state index contributed by atoms with van der Waals surface area (Å²) < 4.78 is 0. The van der Waals surface area contributed by atoms with Crippen LogP contribution >= 0.6 is 29.7 Å². The largest absolute Gasteiger partial charge is 0.281 e. The van der Waals surface area contributed by atoms with Crippen molar-refractivity contribution in [2.45, 2.75) is 0 Å². The molecule has 1 nitrogen and oxygen atoms in total. The Morgan fingerprint density at radius 2 is 0.833 bits per heavy atom. The Kier molecular flexibility index (Phi) is 672. The van der Waals surface area contributed by atoms with Gasteiger partial charge in [0.05, 0.1) is 0 Å². The second kappa shape index (κ2) is 81.9. The van der Waals surface area contributed by atoms with Crippen LogP contribution in [-0.4, -0.2) is 6.79 Å². The fourth-order valence-electron chi connectivity index (χ4n) is 0. The van der Waals surface area contributed by atoms with E-state index in [0.717, 1.165) is 0 Å². The van der Waals surface area contributed by atoms with Crippen molar-refractivity contribution in [1.82, 2.24) is 0 Å². The summed E-state index contributed by atoms with van der Waals surface area (Å²) in [6, 6.07) is 0. The molecule has 0 N–H and O–H groups in total. The molecule has 0 aliphatic carbocycles. The van der Waals surface area contributed by atoms with Crippen molar-refractivity contribution in [2.24, 2.45) is 0 Å². The van der Waals surface area contributed by atoms with Crippen molar-refractivity contribution in [3.8, 4) is 0 Å². The van der Waals surface area contributed by atoms with Crippen molar-refractivity contribution < 1.29 is 24.3 Å². The molecule has 0 aromatic heterocycles. The maximum absolute atomic E-state index is 7.50. The molecule has 0 aliphatic rings. The Morgan fingerprint density at radius 3 is 0.833 bits per heavy atom. The van der Waals surface area contributed by atoms with Gasteiger partial charge in [-0.05, 0) is 0 Å². The van der Waals surface area contributed by atoms with E-state index in [1.807, 2.05) is 0 Å². The molecule has 0 aromatic carbocycles. The van der Waals surface area contributed by atoms with Crippen molar-refractivity contribution >= 4 is 36.5 Å². The van der Waals surface area contributed by atoms with E-state index < -0.39 is 0 Å². The summed E-state index contributed by atoms with van der Waals surface area (Å²) >= 11 is 0. The third kappa shape index (κ3) is 46.8. The molecule has 3 unspecified atom stereocenters. The third-order valence-corrected chi connectivity index (χ3v) is 0. The number of hydrogen-bond acceptors (Lipinski definition) is 1. The summed E-state index contributed by atoms with van der Waals surface area (Å²) in [5.41, 5.74) is 0. The normalized spacial score (nSPS) is 0.667. The first-order chi connectivity index (χ1) is 1.00. The first-order valence-corrected chi connectivity index (χ1v) is 0.204. The van der Waals surface area contributed by atoms with E-state index in [9.17, 15) is 0 Å². The predicted octanol–water partition coefficient (Wildman–Crippen LogP) is -0.225. The van der Waals surface area contributed by atoms with Gasteiger partial charge in [0, 0.05) is 19.5 Å². The Labute approximate surface area is 61.0 Å². The van der Waals surface area contributed by atoms with Crippen LogP contribution in [0.25, 0.3) is 0 Å². The number of carbonyl (C=O) groups excluding carboxylic acids is 1. The van der Waals surface area contributed by atoms with Crippen molar-refractivity contribution in [3.63, 3.8) is 0 Å². The molecule has 6 heavy (non-hydrogen) atoms. The molecule has 0 spiro atoms. The summed E-state index contributed by atoms with van der Waals surface area (Å²) in [6.07, 6.45) is 0. The summed E-state index contributed by atoms with van der Waals surface area (Å²) in [7, 11) is 0. The quantitative estimate of drug-likeness (QED) is 0.417. The first-order valence-electron chi connectivity index (χ1n) is 0.204. The van der Waals surface area contributed by atoms with Gasteiger partial charge in [-0.3, -0.25) is 4.79 Å². The summed E-state index contributed by atoms with van der Waals surface area (Å²) in [5, 5.41) is 0. The summed E-state index contributed by atoms with van der Waals surface area (Å²) in [4.78, 5) is 7.50. The van der Waals surface area contributed by atoms with Gasteiger partial charge in [0.1, 0.15) is 0 Å². The van der Waals surface area contributed by atoms with E-state index in [1.165, 1.54) is 0 Å². The van der Waals surface area contributed by atoms with Crippen LogP contribution in [0.15, 0.2) is 0 Å². The van der Waals surface area contributed by atoms with Crippen LogP contribution in [0.2, 0.25) is 0 Å². The van der Waals surface area contributed by atoms with Gasteiger partial charge in [-0.1, -0.05) is 0 Å². The van der Waals surface area contributed by atoms with Gasteiger partial charge >= 0.3 is 0 Å². The Morgan fingerprint density at radius 1 is 0.833 bits per heavy atom. The standard InChI is InChI=1S/CO.3H3P.Rh/c1-2;;;;/h;3*1H3;. The van der Waals surface area contributed by atoms with Crippen LogP contribution < -0.4 is 0 Å². The molecule has 0 rings (SSSR count). The smallest absolute Gasteiger partial charge is 0.281 e. The van der Waals surface area contributed by atoms with E-state index >= 15 is 0 Å². The predicted molar refractivity (Wildman–Crippen MR) is 39.0 cm³/mol. The van der Waals surface area contributed by atoms with Gasteiger partial charge in [-0.15, -0.1) is 0 Å². The summed E-state index contributed by atoms with van der Waals surface area (Å²) in [6.45, 7) is 4.50. The minimum absolute atomic E-state index is 0. The van der Waals surface area contributed by atoms with Crippen LogP contribution in [0, 0.1) is 0 Å². The van der Waals surface area contributed by atoms with Crippen molar-refractivity contribution in [1.29, 1.82) is 0 Å². The topological polar surface area (TPSA) is 17.1 Å². The van der Waals surface area contributed by atoms with E-state index in [2.05, 4.69) is 6.79 Å². The zero-order chi connectivity index (χ0) is 2.00. The fraction of sp³-hybridized carbons (Fsp3) is 0. The van der Waals surface area contributed by atoms with Gasteiger partial charge < -0.3 is 0 Å². The maximum atomic E-state index is 7.50.